The molecule has 442 valence electrons. The molecule has 20 N–H and O–H groups in total. The van der Waals surface area contributed by atoms with Crippen LogP contribution in [0.1, 0.15) is 96.1 Å². The van der Waals surface area contributed by atoms with Crippen LogP contribution in [-0.4, -0.2) is 176 Å². The molecule has 1 fully saturated rings. The number of benzene rings is 2. The fourth-order valence-corrected chi connectivity index (χ4v) is 8.57. The number of carbonyl (C=O) groups excluding carboxylic acids is 10. The first-order valence-electron chi connectivity index (χ1n) is 26.3. The summed E-state index contributed by atoms with van der Waals surface area (Å²) in [4.78, 5) is 148. The van der Waals surface area contributed by atoms with Crippen LogP contribution >= 0.6 is 0 Å². The lowest BCUT2D eigenvalue weighted by atomic mass is 10.0. The van der Waals surface area contributed by atoms with E-state index in [-0.39, 0.29) is 88.3 Å². The smallest absolute Gasteiger partial charge is 0.328 e. The summed E-state index contributed by atoms with van der Waals surface area (Å²) in [6.07, 6.45) is -2.23. The number of aliphatic hydroxyl groups is 2. The van der Waals surface area contributed by atoms with E-state index in [1.54, 1.807) is 13.8 Å². The lowest BCUT2D eigenvalue weighted by molar-refractivity contribution is -0.146. The third kappa shape index (κ3) is 22.1. The number of hydrogen-bond acceptors (Lipinski definition) is 17. The van der Waals surface area contributed by atoms with E-state index in [2.05, 4.69) is 37.2 Å². The van der Waals surface area contributed by atoms with Crippen LogP contribution in [0, 0.1) is 5.92 Å². The molecule has 2 aromatic carbocycles. The van der Waals surface area contributed by atoms with Gasteiger partial charge in [-0.1, -0.05) is 38.1 Å². The molecule has 0 bridgehead atoms. The normalized spacial score (nSPS) is 16.4. The van der Waals surface area contributed by atoms with Crippen molar-refractivity contribution in [1.82, 2.24) is 42.1 Å². The summed E-state index contributed by atoms with van der Waals surface area (Å²) in [5.74, 6) is -10.9. The van der Waals surface area contributed by atoms with Gasteiger partial charge in [0.15, 0.2) is 6.04 Å². The molecule has 0 aromatic heterocycles. The van der Waals surface area contributed by atoms with Crippen LogP contribution in [0.3, 0.4) is 0 Å². The number of amides is 10. The van der Waals surface area contributed by atoms with Gasteiger partial charge in [-0.05, 0) is 106 Å². The number of unbranched alkanes of at least 4 members (excludes halogenated alkanes) is 1. The molecule has 80 heavy (non-hydrogen) atoms. The largest absolute Gasteiger partial charge is 0.508 e. The number of aliphatic carboxylic acids is 1. The Morgan fingerprint density at radius 3 is 1.57 bits per heavy atom. The molecular formula is C52H78N12O16. The number of likely N-dealkylation sites (tertiary alicyclic amines) is 1. The maximum absolute atomic E-state index is 14.6. The molecule has 1 saturated heterocycles. The molecule has 1 aliphatic heterocycles. The number of aliphatic hydroxyl groups excluding tert-OH is 2. The summed E-state index contributed by atoms with van der Waals surface area (Å²) in [6.45, 7) is 3.83. The van der Waals surface area contributed by atoms with Gasteiger partial charge < -0.3 is 90.6 Å². The molecule has 0 radical (unpaired) electrons. The van der Waals surface area contributed by atoms with Crippen molar-refractivity contribution < 1.29 is 78.3 Å². The van der Waals surface area contributed by atoms with Crippen molar-refractivity contribution in [2.24, 2.45) is 28.9 Å². The minimum atomic E-state index is -1.78. The van der Waals surface area contributed by atoms with Gasteiger partial charge in [-0.2, -0.15) is 0 Å². The van der Waals surface area contributed by atoms with E-state index in [1.807, 2.05) is 0 Å². The number of rotatable bonds is 34. The molecule has 1 aliphatic rings. The van der Waals surface area contributed by atoms with Gasteiger partial charge >= 0.3 is 5.97 Å². The molecule has 0 saturated carbocycles. The molecule has 10 amide bonds. The fraction of sp³-hybridized carbons (Fsp3) is 0.558. The number of carboxylic acids is 1. The highest BCUT2D eigenvalue weighted by molar-refractivity contribution is 5.98. The van der Waals surface area contributed by atoms with Crippen LogP contribution < -0.4 is 60.2 Å². The molecule has 3 rings (SSSR count). The Labute approximate surface area is 462 Å². The highest BCUT2D eigenvalue weighted by Crippen LogP contribution is 2.22. The molecule has 28 heteroatoms. The monoisotopic (exact) mass is 1130 g/mol. The van der Waals surface area contributed by atoms with E-state index < -0.39 is 139 Å². The van der Waals surface area contributed by atoms with Crippen molar-refractivity contribution in [3.63, 3.8) is 0 Å². The Balaban J connectivity index is 1.93. The van der Waals surface area contributed by atoms with Gasteiger partial charge in [0.05, 0.1) is 18.8 Å². The van der Waals surface area contributed by atoms with Crippen molar-refractivity contribution in [3.05, 3.63) is 59.7 Å². The molecule has 28 nitrogen and oxygen atoms in total. The number of nitrogens with two attached hydrogens (primary N) is 4. The number of phenols is 2. The first kappa shape index (κ1) is 66.3. The second kappa shape index (κ2) is 32.8. The van der Waals surface area contributed by atoms with Crippen LogP contribution in [0.25, 0.3) is 0 Å². The van der Waals surface area contributed by atoms with E-state index >= 15 is 0 Å². The van der Waals surface area contributed by atoms with Gasteiger partial charge in [-0.15, -0.1) is 0 Å². The first-order valence-corrected chi connectivity index (χ1v) is 26.3. The Kier molecular flexibility index (Phi) is 27.2. The topological polar surface area (TPSA) is 480 Å². The van der Waals surface area contributed by atoms with Crippen LogP contribution in [-0.2, 0) is 65.6 Å². The van der Waals surface area contributed by atoms with Gasteiger partial charge in [-0.25, -0.2) is 4.79 Å². The second-order valence-electron chi connectivity index (χ2n) is 20.1. The lowest BCUT2D eigenvalue weighted by Gasteiger charge is -2.31. The van der Waals surface area contributed by atoms with E-state index in [0.717, 1.165) is 0 Å². The maximum atomic E-state index is 14.6. The van der Waals surface area contributed by atoms with E-state index in [9.17, 15) is 78.3 Å². The zero-order valence-corrected chi connectivity index (χ0v) is 45.1. The average molecular weight is 1130 g/mol. The standard InChI is InChI=1S/C52H78N12O16/c1-27(2)23-36(48(75)63-43(28(3)66)52(79)80)60-50(77)40-8-6-22-64(40)51(78)38(25-30-11-15-32(68)16-12-30)61-49(76)39(26-65)62-45(72)34(7-4-5-21-53)58-47(74)37(24-29-9-13-31(67)14-10-29)59-46(73)35(18-20-42(56)70)57-44(71)33(54)17-19-41(55)69/h9-16,27-28,33-40,43,65-68H,4-8,17-26,53-54H2,1-3H3,(H2,55,69)(H2,56,70)(H,57,71)(H,58,74)(H,59,73)(H,60,77)(H,61,76)(H,62,72)(H,63,75)(H,79,80)/t28-,33+,34+,35+,36+,37+,38+,39+,40+,43+/m1/s1. The first-order chi connectivity index (χ1) is 37.7. The number of phenolic OH excluding ortho intramolecular Hbond substituents is 2. The van der Waals surface area contributed by atoms with Crippen LogP contribution in [0.2, 0.25) is 0 Å². The zero-order valence-electron chi connectivity index (χ0n) is 45.1. The highest BCUT2D eigenvalue weighted by atomic mass is 16.4. The molecular weight excluding hydrogens is 1050 g/mol. The van der Waals surface area contributed by atoms with Crippen LogP contribution in [0.5, 0.6) is 11.5 Å². The van der Waals surface area contributed by atoms with Crippen molar-refractivity contribution >= 4 is 65.0 Å². The van der Waals surface area contributed by atoms with Gasteiger partial charge in [0.1, 0.15) is 53.8 Å². The summed E-state index contributed by atoms with van der Waals surface area (Å²) in [7, 11) is 0. The van der Waals surface area contributed by atoms with Gasteiger partial charge in [0, 0.05) is 32.2 Å². The van der Waals surface area contributed by atoms with E-state index in [0.29, 0.717) is 24.0 Å². The molecule has 10 atom stereocenters. The quantitative estimate of drug-likeness (QED) is 0.0295. The van der Waals surface area contributed by atoms with Crippen molar-refractivity contribution in [2.75, 3.05) is 19.7 Å². The molecule has 2 aromatic rings. The molecule has 0 unspecified atom stereocenters. The SMILES string of the molecule is CC(C)C[C@H](NC(=O)[C@@H]1CCCN1C(=O)[C@H](Cc1ccc(O)cc1)NC(=O)[C@H](CO)NC(=O)[C@H](CCCCN)NC(=O)[C@H](Cc1ccc(O)cc1)NC(=O)[C@H](CCC(N)=O)NC(=O)[C@@H](N)CCC(N)=O)C(=O)N[C@H](C(=O)O)[C@@H](C)O. The summed E-state index contributed by atoms with van der Waals surface area (Å²) in [5, 5.41) is 67.4. The number of aromatic hydroxyl groups is 2. The van der Waals surface area contributed by atoms with Gasteiger partial charge in [-0.3, -0.25) is 47.9 Å². The summed E-state index contributed by atoms with van der Waals surface area (Å²) >= 11 is 0. The van der Waals surface area contributed by atoms with Crippen LogP contribution in [0.15, 0.2) is 48.5 Å². The highest BCUT2D eigenvalue weighted by Gasteiger charge is 2.41. The number of primary amides is 2. The molecule has 0 spiro atoms. The van der Waals surface area contributed by atoms with E-state index in [4.69, 9.17) is 22.9 Å². The van der Waals surface area contributed by atoms with Crippen molar-refractivity contribution in [3.8, 4) is 11.5 Å². The number of carboxylic acid groups (broad SMARTS) is 1. The fourth-order valence-electron chi connectivity index (χ4n) is 8.57. The third-order valence-electron chi connectivity index (χ3n) is 13.0. The number of nitrogens with zero attached hydrogens (tertiary/aromatic N) is 1. The van der Waals surface area contributed by atoms with Crippen molar-refractivity contribution in [2.45, 2.75) is 158 Å². The predicted octanol–water partition coefficient (Wildman–Crippen LogP) is -4.24. The van der Waals surface area contributed by atoms with Crippen molar-refractivity contribution in [1.29, 1.82) is 0 Å². The zero-order chi connectivity index (χ0) is 59.8. The number of carbonyl (C=O) groups is 11. The predicted molar refractivity (Wildman–Crippen MR) is 285 cm³/mol. The minimum Gasteiger partial charge on any atom is -0.508 e. The Hall–Kier alpha value is -7.95. The second-order valence-corrected chi connectivity index (χ2v) is 20.1. The van der Waals surface area contributed by atoms with Gasteiger partial charge in [0.2, 0.25) is 59.1 Å². The maximum Gasteiger partial charge on any atom is 0.328 e. The summed E-state index contributed by atoms with van der Waals surface area (Å²) in [6, 6.07) is -2.12. The number of hydrogen-bond donors (Lipinski definition) is 16. The van der Waals surface area contributed by atoms with Gasteiger partial charge in [0.25, 0.3) is 0 Å². The third-order valence-corrected chi connectivity index (χ3v) is 13.0. The Morgan fingerprint density at radius 2 is 1.06 bits per heavy atom. The Morgan fingerprint density at radius 1 is 0.600 bits per heavy atom. The average Bonchev–Trinajstić information content (AvgIpc) is 3.90. The summed E-state index contributed by atoms with van der Waals surface area (Å²) < 4.78 is 0. The lowest BCUT2D eigenvalue weighted by Crippen LogP contribution is -2.61. The minimum absolute atomic E-state index is 0.0107. The Bertz CT molecular complexity index is 2460. The molecule has 1 heterocycles. The summed E-state index contributed by atoms with van der Waals surface area (Å²) in [5.41, 5.74) is 23.0. The van der Waals surface area contributed by atoms with E-state index in [1.165, 1.54) is 60.4 Å². The molecule has 0 aliphatic carbocycles. The van der Waals surface area contributed by atoms with Crippen LogP contribution in [0.4, 0.5) is 0 Å². The number of nitrogens with one attached hydrogen (secondary N) is 7.